The lowest BCUT2D eigenvalue weighted by Crippen LogP contribution is -2.39. The van der Waals surface area contributed by atoms with Crippen molar-refractivity contribution in [3.63, 3.8) is 0 Å². The van der Waals surface area contributed by atoms with Crippen molar-refractivity contribution in [3.8, 4) is 0 Å². The van der Waals surface area contributed by atoms with Crippen LogP contribution in [0.2, 0.25) is 5.02 Å². The molecule has 7 nitrogen and oxygen atoms in total. The predicted molar refractivity (Wildman–Crippen MR) is 118 cm³/mol. The van der Waals surface area contributed by atoms with Crippen LogP contribution in [0.3, 0.4) is 0 Å². The van der Waals surface area contributed by atoms with Crippen LogP contribution in [0.25, 0.3) is 10.2 Å². The molecular formula is C22H18ClFN2O5S. The lowest BCUT2D eigenvalue weighted by atomic mass is 9.87. The number of carboxylic acids is 1. The number of carbonyl (C=O) groups is 3. The summed E-state index contributed by atoms with van der Waals surface area (Å²) < 4.78 is 15.6. The molecule has 2 N–H and O–H groups in total. The van der Waals surface area contributed by atoms with Gasteiger partial charge in [0.05, 0.1) is 28.3 Å². The van der Waals surface area contributed by atoms with Crippen LogP contribution in [0, 0.1) is 5.92 Å². The standard InChI is InChI=1S/C22H18ClFN2O5S/c1-10-2-4-13(24)12(8-10)19-18(15(27)6-7-17(28)29)20(30)21(31)26(19)22-25-14-5-3-11(23)9-16(14)32-22/h3-5,8-10,19,30H,2,6-7H2,1H3,(H,28,29). The number of allylic oxidation sites excluding steroid dienone is 2. The Morgan fingerprint density at radius 1 is 1.34 bits per heavy atom. The molecule has 32 heavy (non-hydrogen) atoms. The van der Waals surface area contributed by atoms with Gasteiger partial charge in [0, 0.05) is 17.0 Å². The molecule has 1 aliphatic heterocycles. The van der Waals surface area contributed by atoms with Crippen LogP contribution < -0.4 is 4.90 Å². The van der Waals surface area contributed by atoms with Gasteiger partial charge in [-0.2, -0.15) is 0 Å². The Morgan fingerprint density at radius 2 is 2.09 bits per heavy atom. The minimum absolute atomic E-state index is 0.0614. The van der Waals surface area contributed by atoms with Gasteiger partial charge in [0.1, 0.15) is 5.83 Å². The van der Waals surface area contributed by atoms with Crippen molar-refractivity contribution in [2.24, 2.45) is 5.92 Å². The fraction of sp³-hybridized carbons (Fsp3) is 0.273. The number of amides is 1. The number of halogens is 2. The molecule has 2 atom stereocenters. The number of aliphatic hydroxyl groups is 1. The average molecular weight is 477 g/mol. The van der Waals surface area contributed by atoms with Crippen molar-refractivity contribution in [1.29, 1.82) is 0 Å². The molecule has 2 heterocycles. The number of rotatable bonds is 6. The van der Waals surface area contributed by atoms with Crippen molar-refractivity contribution in [1.82, 2.24) is 4.98 Å². The number of anilines is 1. The number of ketones is 1. The number of nitrogens with zero attached hydrogens (tertiary/aromatic N) is 2. The molecule has 2 aliphatic rings. The molecule has 166 valence electrons. The summed E-state index contributed by atoms with van der Waals surface area (Å²) in [5.74, 6) is -4.32. The fourth-order valence-corrected chi connectivity index (χ4v) is 5.08. The molecule has 0 saturated carbocycles. The molecule has 1 aromatic heterocycles. The topological polar surface area (TPSA) is 108 Å². The third-order valence-electron chi connectivity index (χ3n) is 5.32. The Bertz CT molecular complexity index is 1250. The third kappa shape index (κ3) is 3.93. The molecule has 0 bridgehead atoms. The first-order valence-corrected chi connectivity index (χ1v) is 11.0. The number of benzene rings is 1. The van der Waals surface area contributed by atoms with E-state index in [2.05, 4.69) is 4.98 Å². The number of aliphatic carboxylic acids is 1. The molecule has 1 aliphatic carbocycles. The molecule has 0 fully saturated rings. The van der Waals surface area contributed by atoms with Crippen molar-refractivity contribution in [3.05, 3.63) is 58.1 Å². The maximum atomic E-state index is 14.9. The number of carbonyl (C=O) groups excluding carboxylic acids is 2. The van der Waals surface area contributed by atoms with E-state index in [1.807, 2.05) is 6.92 Å². The smallest absolute Gasteiger partial charge is 0.303 e. The summed E-state index contributed by atoms with van der Waals surface area (Å²) in [7, 11) is 0. The molecule has 0 spiro atoms. The van der Waals surface area contributed by atoms with Crippen molar-refractivity contribution < 1.29 is 29.0 Å². The van der Waals surface area contributed by atoms with Crippen LogP contribution >= 0.6 is 22.9 Å². The number of aromatic nitrogens is 1. The van der Waals surface area contributed by atoms with Crippen LogP contribution in [-0.4, -0.2) is 38.9 Å². The van der Waals surface area contributed by atoms with Gasteiger partial charge in [-0.05, 0) is 36.6 Å². The molecule has 0 radical (unpaired) electrons. The van der Waals surface area contributed by atoms with E-state index in [0.717, 1.165) is 16.2 Å². The van der Waals surface area contributed by atoms with Gasteiger partial charge in [0.25, 0.3) is 5.91 Å². The van der Waals surface area contributed by atoms with E-state index in [4.69, 9.17) is 16.7 Å². The third-order valence-corrected chi connectivity index (χ3v) is 6.58. The van der Waals surface area contributed by atoms with E-state index >= 15 is 0 Å². The Morgan fingerprint density at radius 3 is 2.81 bits per heavy atom. The maximum absolute atomic E-state index is 14.9. The minimum Gasteiger partial charge on any atom is -0.503 e. The first-order valence-electron chi connectivity index (χ1n) is 9.83. The van der Waals surface area contributed by atoms with E-state index in [0.29, 0.717) is 21.7 Å². The number of carboxylic acid groups (broad SMARTS) is 1. The molecule has 1 amide bonds. The molecule has 4 rings (SSSR count). The Hall–Kier alpha value is -3.04. The van der Waals surface area contributed by atoms with Gasteiger partial charge < -0.3 is 10.2 Å². The Labute approximate surface area is 191 Å². The summed E-state index contributed by atoms with van der Waals surface area (Å²) in [4.78, 5) is 42.4. The number of Topliss-reactive ketones (excluding diaryl/α,β-unsaturated/α-hetero) is 1. The van der Waals surface area contributed by atoms with E-state index in [9.17, 15) is 23.9 Å². The summed E-state index contributed by atoms with van der Waals surface area (Å²) >= 11 is 7.15. The minimum atomic E-state index is -1.25. The lowest BCUT2D eigenvalue weighted by molar-refractivity contribution is -0.138. The molecule has 0 saturated heterocycles. The second kappa shape index (κ2) is 8.48. The molecule has 10 heteroatoms. The van der Waals surface area contributed by atoms with Gasteiger partial charge in [0.15, 0.2) is 16.7 Å². The average Bonchev–Trinajstić information content (AvgIpc) is 3.26. The predicted octanol–water partition coefficient (Wildman–Crippen LogP) is 4.73. The van der Waals surface area contributed by atoms with Gasteiger partial charge in [-0.25, -0.2) is 9.37 Å². The van der Waals surface area contributed by atoms with Crippen LogP contribution in [0.5, 0.6) is 0 Å². The van der Waals surface area contributed by atoms with E-state index in [1.165, 1.54) is 6.08 Å². The monoisotopic (exact) mass is 476 g/mol. The number of hydrogen-bond donors (Lipinski definition) is 2. The SMILES string of the molecule is CC1C=C(C2C(C(=O)CCC(=O)O)=C(O)C(=O)N2c2nc3ccc(Cl)cc3s2)C(F)=CC1. The molecule has 2 aromatic rings. The fourth-order valence-electron chi connectivity index (χ4n) is 3.81. The Kier molecular flexibility index (Phi) is 5.87. The summed E-state index contributed by atoms with van der Waals surface area (Å²) in [5, 5.41) is 20.2. The first-order chi connectivity index (χ1) is 15.2. The lowest BCUT2D eigenvalue weighted by Gasteiger charge is -2.28. The van der Waals surface area contributed by atoms with Crippen LogP contribution in [-0.2, 0) is 14.4 Å². The number of aliphatic hydroxyl groups excluding tert-OH is 1. The summed E-state index contributed by atoms with van der Waals surface area (Å²) in [6, 6.07) is 3.73. The highest BCUT2D eigenvalue weighted by atomic mass is 35.5. The summed E-state index contributed by atoms with van der Waals surface area (Å²) in [6.07, 6.45) is 2.52. The quantitative estimate of drug-likeness (QED) is 0.624. The zero-order chi connectivity index (χ0) is 23.2. The first kappa shape index (κ1) is 22.2. The van der Waals surface area contributed by atoms with Crippen LogP contribution in [0.15, 0.2) is 53.1 Å². The molecule has 1 aromatic carbocycles. The normalized spacial score (nSPS) is 21.2. The van der Waals surface area contributed by atoms with Gasteiger partial charge in [-0.1, -0.05) is 35.9 Å². The van der Waals surface area contributed by atoms with Gasteiger partial charge >= 0.3 is 5.97 Å². The van der Waals surface area contributed by atoms with E-state index < -0.39 is 48.1 Å². The summed E-state index contributed by atoms with van der Waals surface area (Å²) in [6.45, 7) is 1.86. The van der Waals surface area contributed by atoms with E-state index in [1.54, 1.807) is 24.3 Å². The second-order valence-electron chi connectivity index (χ2n) is 7.65. The number of fused-ring (bicyclic) bond motifs is 1. The second-order valence-corrected chi connectivity index (χ2v) is 9.10. The van der Waals surface area contributed by atoms with E-state index in [-0.39, 0.29) is 22.2 Å². The highest BCUT2D eigenvalue weighted by molar-refractivity contribution is 7.22. The highest BCUT2D eigenvalue weighted by Gasteiger charge is 2.47. The van der Waals surface area contributed by atoms with Crippen molar-refractivity contribution >= 4 is 55.9 Å². The van der Waals surface area contributed by atoms with Gasteiger partial charge in [0.2, 0.25) is 0 Å². The molecule has 2 unspecified atom stereocenters. The van der Waals surface area contributed by atoms with Crippen LogP contribution in [0.1, 0.15) is 26.2 Å². The number of hydrogen-bond acceptors (Lipinski definition) is 6. The van der Waals surface area contributed by atoms with Gasteiger partial charge in [-0.15, -0.1) is 0 Å². The van der Waals surface area contributed by atoms with Crippen molar-refractivity contribution in [2.45, 2.75) is 32.2 Å². The largest absolute Gasteiger partial charge is 0.503 e. The Balaban J connectivity index is 1.85. The van der Waals surface area contributed by atoms with Gasteiger partial charge in [-0.3, -0.25) is 19.3 Å². The summed E-state index contributed by atoms with van der Waals surface area (Å²) in [5.41, 5.74) is 0.294. The highest BCUT2D eigenvalue weighted by Crippen LogP contribution is 2.42. The maximum Gasteiger partial charge on any atom is 0.303 e. The zero-order valence-electron chi connectivity index (χ0n) is 16.8. The van der Waals surface area contributed by atoms with Crippen LogP contribution in [0.4, 0.5) is 9.52 Å². The zero-order valence-corrected chi connectivity index (χ0v) is 18.4. The molecular weight excluding hydrogens is 459 g/mol. The van der Waals surface area contributed by atoms with Crippen molar-refractivity contribution in [2.75, 3.05) is 4.90 Å². The number of thiazole rings is 1.